The van der Waals surface area contributed by atoms with Crippen LogP contribution in [-0.4, -0.2) is 62.3 Å². The zero-order chi connectivity index (χ0) is 18.3. The average Bonchev–Trinajstić information content (AvgIpc) is 2.58. The summed E-state index contributed by atoms with van der Waals surface area (Å²) in [6.45, 7) is 6.36. The molecule has 0 bridgehead atoms. The molecule has 3 rings (SSSR count). The van der Waals surface area contributed by atoms with Crippen LogP contribution in [0.5, 0.6) is 5.75 Å². The molecule has 0 aliphatic carbocycles. The fourth-order valence-electron chi connectivity index (χ4n) is 3.47. The third-order valence-electron chi connectivity index (χ3n) is 4.88. The van der Waals surface area contributed by atoms with E-state index in [1.165, 1.54) is 10.1 Å². The lowest BCUT2D eigenvalue weighted by Crippen LogP contribution is -2.61. The summed E-state index contributed by atoms with van der Waals surface area (Å²) in [7, 11) is 0. The SMILES string of the molecule is CC=C(C)CN1CCCN2C(=O)c3c(O)c(=O)c(C(=O)O)cn3CC12. The molecule has 134 valence electrons. The number of amides is 1. The Morgan fingerprint density at radius 1 is 1.36 bits per heavy atom. The molecule has 1 aromatic rings. The van der Waals surface area contributed by atoms with Crippen molar-refractivity contribution in [3.63, 3.8) is 0 Å². The largest absolute Gasteiger partial charge is 0.503 e. The summed E-state index contributed by atoms with van der Waals surface area (Å²) in [4.78, 5) is 39.9. The van der Waals surface area contributed by atoms with Crippen molar-refractivity contribution in [2.24, 2.45) is 0 Å². The molecule has 3 heterocycles. The number of hydrogen-bond donors (Lipinski definition) is 2. The number of aromatic hydroxyl groups is 1. The van der Waals surface area contributed by atoms with Gasteiger partial charge in [0.2, 0.25) is 5.43 Å². The Labute approximate surface area is 144 Å². The highest BCUT2D eigenvalue weighted by molar-refractivity contribution is 5.97. The number of hydrogen-bond acceptors (Lipinski definition) is 5. The molecule has 0 radical (unpaired) electrons. The van der Waals surface area contributed by atoms with Crippen LogP contribution in [0.25, 0.3) is 0 Å². The van der Waals surface area contributed by atoms with Gasteiger partial charge in [0.1, 0.15) is 11.7 Å². The van der Waals surface area contributed by atoms with E-state index in [1.807, 2.05) is 19.9 Å². The van der Waals surface area contributed by atoms with E-state index in [0.717, 1.165) is 19.2 Å². The Morgan fingerprint density at radius 3 is 2.72 bits per heavy atom. The first kappa shape index (κ1) is 17.2. The van der Waals surface area contributed by atoms with Crippen LogP contribution in [0.15, 0.2) is 22.6 Å². The smallest absolute Gasteiger partial charge is 0.341 e. The zero-order valence-electron chi connectivity index (χ0n) is 14.2. The Balaban J connectivity index is 2.06. The number of fused-ring (bicyclic) bond motifs is 2. The quantitative estimate of drug-likeness (QED) is 0.781. The van der Waals surface area contributed by atoms with Crippen LogP contribution in [-0.2, 0) is 6.54 Å². The molecule has 1 unspecified atom stereocenters. The van der Waals surface area contributed by atoms with Crippen LogP contribution >= 0.6 is 0 Å². The number of pyridine rings is 1. The van der Waals surface area contributed by atoms with Gasteiger partial charge in [0.25, 0.3) is 5.91 Å². The maximum Gasteiger partial charge on any atom is 0.341 e. The minimum atomic E-state index is -1.42. The second kappa shape index (κ2) is 6.36. The minimum absolute atomic E-state index is 0.129. The molecule has 1 aromatic heterocycles. The number of carboxylic acids is 1. The van der Waals surface area contributed by atoms with E-state index in [0.29, 0.717) is 19.6 Å². The molecule has 0 saturated carbocycles. The lowest BCUT2D eigenvalue weighted by molar-refractivity contribution is -0.00603. The Bertz CT molecular complexity index is 826. The monoisotopic (exact) mass is 347 g/mol. The number of carbonyl (C=O) groups is 2. The van der Waals surface area contributed by atoms with Crippen molar-refractivity contribution in [2.75, 3.05) is 19.6 Å². The van der Waals surface area contributed by atoms with Gasteiger partial charge in [0.05, 0.1) is 6.54 Å². The van der Waals surface area contributed by atoms with Crippen LogP contribution < -0.4 is 5.43 Å². The van der Waals surface area contributed by atoms with Crippen molar-refractivity contribution in [1.29, 1.82) is 0 Å². The first-order valence-corrected chi connectivity index (χ1v) is 8.21. The molecule has 1 amide bonds. The number of aromatic carboxylic acids is 1. The standard InChI is InChI=1S/C17H21N3O5/c1-3-10(2)7-18-5-4-6-20-12(18)9-19-8-11(17(24)25)14(21)15(22)13(19)16(20)23/h3,8,12,22H,4-7,9H2,1-2H3,(H,24,25). The van der Waals surface area contributed by atoms with E-state index >= 15 is 0 Å². The molecule has 2 N–H and O–H groups in total. The fraction of sp³-hybridized carbons (Fsp3) is 0.471. The van der Waals surface area contributed by atoms with Crippen molar-refractivity contribution in [3.05, 3.63) is 39.3 Å². The molecule has 8 heteroatoms. The van der Waals surface area contributed by atoms with Gasteiger partial charge in [-0.3, -0.25) is 14.5 Å². The van der Waals surface area contributed by atoms with Gasteiger partial charge in [-0.1, -0.05) is 11.6 Å². The maximum absolute atomic E-state index is 12.8. The van der Waals surface area contributed by atoms with E-state index in [2.05, 4.69) is 4.90 Å². The first-order valence-electron chi connectivity index (χ1n) is 8.21. The number of allylic oxidation sites excluding steroid dienone is 1. The fourth-order valence-corrected chi connectivity index (χ4v) is 3.47. The Hall–Kier alpha value is -2.61. The molecule has 25 heavy (non-hydrogen) atoms. The first-order chi connectivity index (χ1) is 11.8. The van der Waals surface area contributed by atoms with E-state index in [1.54, 1.807) is 4.90 Å². The van der Waals surface area contributed by atoms with Crippen molar-refractivity contribution in [3.8, 4) is 5.75 Å². The summed E-state index contributed by atoms with van der Waals surface area (Å²) < 4.78 is 1.40. The highest BCUT2D eigenvalue weighted by Gasteiger charge is 2.40. The normalized spacial score (nSPS) is 21.0. The molecule has 2 aliphatic rings. The molecule has 8 nitrogen and oxygen atoms in total. The van der Waals surface area contributed by atoms with E-state index in [4.69, 9.17) is 5.11 Å². The molecule has 1 saturated heterocycles. The average molecular weight is 347 g/mol. The number of carboxylic acid groups (broad SMARTS) is 1. The second-order valence-electron chi connectivity index (χ2n) is 6.46. The summed E-state index contributed by atoms with van der Waals surface area (Å²) in [5.41, 5.74) is -0.511. The molecule has 1 fully saturated rings. The number of aromatic nitrogens is 1. The molecule has 2 aliphatic heterocycles. The van der Waals surface area contributed by atoms with Crippen LogP contribution in [0.3, 0.4) is 0 Å². The van der Waals surface area contributed by atoms with Gasteiger partial charge < -0.3 is 19.7 Å². The predicted molar refractivity (Wildman–Crippen MR) is 89.8 cm³/mol. The third kappa shape index (κ3) is 2.82. The van der Waals surface area contributed by atoms with Crippen molar-refractivity contribution >= 4 is 11.9 Å². The summed E-state index contributed by atoms with van der Waals surface area (Å²) in [5, 5.41) is 19.3. The minimum Gasteiger partial charge on any atom is -0.503 e. The van der Waals surface area contributed by atoms with Crippen LogP contribution in [0.4, 0.5) is 0 Å². The van der Waals surface area contributed by atoms with E-state index in [-0.39, 0.29) is 11.9 Å². The molecular weight excluding hydrogens is 326 g/mol. The van der Waals surface area contributed by atoms with Gasteiger partial charge in [0, 0.05) is 25.8 Å². The van der Waals surface area contributed by atoms with Gasteiger partial charge in [-0.05, 0) is 20.3 Å². The Morgan fingerprint density at radius 2 is 2.08 bits per heavy atom. The Kier molecular flexibility index (Phi) is 4.38. The lowest BCUT2D eigenvalue weighted by Gasteiger charge is -2.47. The zero-order valence-corrected chi connectivity index (χ0v) is 14.2. The predicted octanol–water partition coefficient (Wildman–Crippen LogP) is 0.706. The highest BCUT2D eigenvalue weighted by atomic mass is 16.4. The van der Waals surface area contributed by atoms with Crippen molar-refractivity contribution < 1.29 is 19.8 Å². The molecule has 0 aromatic carbocycles. The number of carbonyl (C=O) groups excluding carboxylic acids is 1. The summed E-state index contributed by atoms with van der Waals surface area (Å²) in [5.74, 6) is -2.65. The van der Waals surface area contributed by atoms with Crippen molar-refractivity contribution in [2.45, 2.75) is 33.0 Å². The van der Waals surface area contributed by atoms with Gasteiger partial charge in [-0.2, -0.15) is 0 Å². The van der Waals surface area contributed by atoms with Crippen LogP contribution in [0.2, 0.25) is 0 Å². The lowest BCUT2D eigenvalue weighted by atomic mass is 10.1. The van der Waals surface area contributed by atoms with Crippen molar-refractivity contribution in [1.82, 2.24) is 14.4 Å². The molecule has 1 atom stereocenters. The number of nitrogens with zero attached hydrogens (tertiary/aromatic N) is 3. The molecule has 0 spiro atoms. The van der Waals surface area contributed by atoms with Gasteiger partial charge in [0.15, 0.2) is 11.4 Å². The van der Waals surface area contributed by atoms with E-state index in [9.17, 15) is 19.5 Å². The maximum atomic E-state index is 12.8. The van der Waals surface area contributed by atoms with Gasteiger partial charge in [-0.15, -0.1) is 0 Å². The summed E-state index contributed by atoms with van der Waals surface area (Å²) in [6.07, 6.45) is 3.75. The summed E-state index contributed by atoms with van der Waals surface area (Å²) >= 11 is 0. The highest BCUT2D eigenvalue weighted by Crippen LogP contribution is 2.28. The van der Waals surface area contributed by atoms with Crippen LogP contribution in [0, 0.1) is 0 Å². The van der Waals surface area contributed by atoms with Gasteiger partial charge >= 0.3 is 5.97 Å². The van der Waals surface area contributed by atoms with Gasteiger partial charge in [-0.25, -0.2) is 4.79 Å². The summed E-state index contributed by atoms with van der Waals surface area (Å²) in [6, 6.07) is 0. The second-order valence-corrected chi connectivity index (χ2v) is 6.46. The topological polar surface area (TPSA) is 103 Å². The van der Waals surface area contributed by atoms with E-state index < -0.39 is 28.6 Å². The molecular formula is C17H21N3O5. The third-order valence-corrected chi connectivity index (χ3v) is 4.88. The van der Waals surface area contributed by atoms with Crippen LogP contribution in [0.1, 0.15) is 41.1 Å². The number of rotatable bonds is 3.